The molecule has 0 aliphatic rings. The van der Waals surface area contributed by atoms with Crippen LogP contribution in [0.5, 0.6) is 0 Å². The summed E-state index contributed by atoms with van der Waals surface area (Å²) in [7, 11) is 0. The fourth-order valence-corrected chi connectivity index (χ4v) is 1.78. The Morgan fingerprint density at radius 3 is 2.55 bits per heavy atom. The normalized spacial score (nSPS) is 11.9. The second-order valence-corrected chi connectivity index (χ2v) is 4.34. The van der Waals surface area contributed by atoms with Crippen LogP contribution in [0.25, 0.3) is 0 Å². The van der Waals surface area contributed by atoms with Crippen molar-refractivity contribution in [3.05, 3.63) is 71.3 Å². The van der Waals surface area contributed by atoms with Crippen LogP contribution in [0.4, 0.5) is 8.78 Å². The Balaban J connectivity index is 2.00. The second-order valence-electron chi connectivity index (χ2n) is 4.34. The van der Waals surface area contributed by atoms with E-state index < -0.39 is 23.6 Å². The summed E-state index contributed by atoms with van der Waals surface area (Å²) < 4.78 is 26.4. The number of nitrogens with one attached hydrogen (secondary N) is 1. The highest BCUT2D eigenvalue weighted by Crippen LogP contribution is 2.12. The van der Waals surface area contributed by atoms with Crippen molar-refractivity contribution in [3.63, 3.8) is 0 Å². The van der Waals surface area contributed by atoms with E-state index in [1.54, 1.807) is 24.3 Å². The Hall–Kier alpha value is -2.27. The van der Waals surface area contributed by atoms with Gasteiger partial charge in [-0.25, -0.2) is 8.78 Å². The quantitative estimate of drug-likeness (QED) is 0.900. The summed E-state index contributed by atoms with van der Waals surface area (Å²) in [5.74, 6) is -1.57. The van der Waals surface area contributed by atoms with E-state index in [1.807, 2.05) is 6.07 Å². The largest absolute Gasteiger partial charge is 0.350 e. The zero-order valence-electron chi connectivity index (χ0n) is 10.6. The van der Waals surface area contributed by atoms with E-state index in [1.165, 1.54) is 0 Å². The molecule has 2 rings (SSSR count). The van der Waals surface area contributed by atoms with E-state index in [9.17, 15) is 13.6 Å². The number of hydrogen-bond acceptors (Lipinski definition) is 2. The van der Waals surface area contributed by atoms with Gasteiger partial charge in [-0.2, -0.15) is 0 Å². The fourth-order valence-electron chi connectivity index (χ4n) is 1.78. The number of amides is 1. The minimum atomic E-state index is -0.840. The van der Waals surface area contributed by atoms with Crippen LogP contribution >= 0.6 is 0 Å². The lowest BCUT2D eigenvalue weighted by atomic mass is 10.1. The topological polar surface area (TPSA) is 55.1 Å². The third-order valence-electron chi connectivity index (χ3n) is 2.90. The molecule has 5 heteroatoms. The number of carbonyl (C=O) groups excluding carboxylic acids is 1. The van der Waals surface area contributed by atoms with Crippen LogP contribution in [0.15, 0.2) is 48.5 Å². The third kappa shape index (κ3) is 3.39. The van der Waals surface area contributed by atoms with Gasteiger partial charge in [0.25, 0.3) is 0 Å². The summed E-state index contributed by atoms with van der Waals surface area (Å²) in [6.45, 7) is -0.108. The SMILES string of the molecule is N[C@H](C(=O)NCc1cc(F)ccc1F)c1ccccc1. The van der Waals surface area contributed by atoms with Gasteiger partial charge in [0.15, 0.2) is 0 Å². The molecule has 0 fully saturated rings. The molecule has 20 heavy (non-hydrogen) atoms. The number of rotatable bonds is 4. The molecule has 3 nitrogen and oxygen atoms in total. The summed E-state index contributed by atoms with van der Waals surface area (Å²) in [6.07, 6.45) is 0. The molecule has 0 heterocycles. The predicted octanol–water partition coefficient (Wildman–Crippen LogP) is 2.28. The number of halogens is 2. The van der Waals surface area contributed by atoms with Crippen molar-refractivity contribution >= 4 is 5.91 Å². The highest BCUT2D eigenvalue weighted by Gasteiger charge is 2.15. The van der Waals surface area contributed by atoms with Crippen LogP contribution in [0, 0.1) is 11.6 Å². The van der Waals surface area contributed by atoms with Gasteiger partial charge in [-0.3, -0.25) is 4.79 Å². The van der Waals surface area contributed by atoms with Crippen LogP contribution < -0.4 is 11.1 Å². The van der Waals surface area contributed by atoms with Gasteiger partial charge in [0, 0.05) is 12.1 Å². The first-order valence-corrected chi connectivity index (χ1v) is 6.10. The highest BCUT2D eigenvalue weighted by molar-refractivity contribution is 5.82. The van der Waals surface area contributed by atoms with Crippen LogP contribution in [0.2, 0.25) is 0 Å². The van der Waals surface area contributed by atoms with E-state index in [0.717, 1.165) is 18.2 Å². The number of hydrogen-bond donors (Lipinski definition) is 2. The van der Waals surface area contributed by atoms with E-state index in [-0.39, 0.29) is 12.1 Å². The van der Waals surface area contributed by atoms with Gasteiger partial charge in [-0.05, 0) is 23.8 Å². The van der Waals surface area contributed by atoms with Crippen LogP contribution in [0.1, 0.15) is 17.2 Å². The summed E-state index contributed by atoms with van der Waals surface area (Å²) >= 11 is 0. The maximum absolute atomic E-state index is 13.4. The van der Waals surface area contributed by atoms with Crippen LogP contribution in [0.3, 0.4) is 0 Å². The molecule has 0 radical (unpaired) electrons. The molecule has 0 bridgehead atoms. The second kappa shape index (κ2) is 6.25. The van der Waals surface area contributed by atoms with Crippen molar-refractivity contribution in [1.82, 2.24) is 5.32 Å². The molecule has 2 aromatic carbocycles. The summed E-state index contributed by atoms with van der Waals surface area (Å²) in [4.78, 5) is 11.9. The first kappa shape index (κ1) is 14.1. The Morgan fingerprint density at radius 1 is 1.15 bits per heavy atom. The first-order valence-electron chi connectivity index (χ1n) is 6.10. The lowest BCUT2D eigenvalue weighted by Gasteiger charge is -2.13. The molecule has 3 N–H and O–H groups in total. The maximum atomic E-state index is 13.4. The van der Waals surface area contributed by atoms with Crippen molar-refractivity contribution in [2.75, 3.05) is 0 Å². The molecule has 1 amide bonds. The summed E-state index contributed by atoms with van der Waals surface area (Å²) in [5, 5.41) is 2.49. The molecule has 0 aliphatic carbocycles. The molecule has 0 unspecified atom stereocenters. The highest BCUT2D eigenvalue weighted by atomic mass is 19.1. The monoisotopic (exact) mass is 276 g/mol. The number of nitrogens with two attached hydrogens (primary N) is 1. The van der Waals surface area contributed by atoms with Crippen molar-refractivity contribution in [1.29, 1.82) is 0 Å². The lowest BCUT2D eigenvalue weighted by Crippen LogP contribution is -2.33. The smallest absolute Gasteiger partial charge is 0.241 e. The van der Waals surface area contributed by atoms with Crippen molar-refractivity contribution < 1.29 is 13.6 Å². The van der Waals surface area contributed by atoms with Crippen molar-refractivity contribution in [3.8, 4) is 0 Å². The molecule has 0 aromatic heterocycles. The van der Waals surface area contributed by atoms with Gasteiger partial charge in [0.05, 0.1) is 0 Å². The van der Waals surface area contributed by atoms with E-state index in [0.29, 0.717) is 5.56 Å². The molecule has 0 saturated heterocycles. The molecule has 0 saturated carbocycles. The molecule has 104 valence electrons. The van der Waals surface area contributed by atoms with Gasteiger partial charge < -0.3 is 11.1 Å². The summed E-state index contributed by atoms with van der Waals surface area (Å²) in [5.41, 5.74) is 6.53. The Labute approximate surface area is 115 Å². The van der Waals surface area contributed by atoms with E-state index >= 15 is 0 Å². The Kier molecular flexibility index (Phi) is 4.42. The van der Waals surface area contributed by atoms with Gasteiger partial charge in [-0.15, -0.1) is 0 Å². The third-order valence-corrected chi connectivity index (χ3v) is 2.90. The zero-order chi connectivity index (χ0) is 14.5. The molecular weight excluding hydrogens is 262 g/mol. The molecule has 0 spiro atoms. The minimum Gasteiger partial charge on any atom is -0.350 e. The van der Waals surface area contributed by atoms with E-state index in [4.69, 9.17) is 5.73 Å². The molecule has 2 aromatic rings. The van der Waals surface area contributed by atoms with Crippen LogP contribution in [-0.2, 0) is 11.3 Å². The standard InChI is InChI=1S/C15H14F2N2O/c16-12-6-7-13(17)11(8-12)9-19-15(20)14(18)10-4-2-1-3-5-10/h1-8,14H,9,18H2,(H,19,20)/t14-/m0/s1. The molecule has 1 atom stereocenters. The minimum absolute atomic E-state index is 0.0820. The van der Waals surface area contributed by atoms with Gasteiger partial charge in [-0.1, -0.05) is 30.3 Å². The lowest BCUT2D eigenvalue weighted by molar-refractivity contribution is -0.122. The molecular formula is C15H14F2N2O. The van der Waals surface area contributed by atoms with Gasteiger partial charge >= 0.3 is 0 Å². The zero-order valence-corrected chi connectivity index (χ0v) is 10.6. The van der Waals surface area contributed by atoms with Gasteiger partial charge in [0.2, 0.25) is 5.91 Å². The first-order chi connectivity index (χ1) is 9.58. The number of benzene rings is 2. The van der Waals surface area contributed by atoms with Crippen molar-refractivity contribution in [2.24, 2.45) is 5.73 Å². The fraction of sp³-hybridized carbons (Fsp3) is 0.133. The maximum Gasteiger partial charge on any atom is 0.241 e. The van der Waals surface area contributed by atoms with Crippen molar-refractivity contribution in [2.45, 2.75) is 12.6 Å². The van der Waals surface area contributed by atoms with Gasteiger partial charge in [0.1, 0.15) is 17.7 Å². The predicted molar refractivity (Wildman–Crippen MR) is 71.6 cm³/mol. The Bertz CT molecular complexity index is 602. The van der Waals surface area contributed by atoms with Crippen LogP contribution in [-0.4, -0.2) is 5.91 Å². The summed E-state index contributed by atoms with van der Waals surface area (Å²) in [6, 6.07) is 11.1. The number of carbonyl (C=O) groups is 1. The average molecular weight is 276 g/mol. The Morgan fingerprint density at radius 2 is 1.85 bits per heavy atom. The average Bonchev–Trinajstić information content (AvgIpc) is 2.48. The van der Waals surface area contributed by atoms with E-state index in [2.05, 4.69) is 5.32 Å². The molecule has 0 aliphatic heterocycles.